The van der Waals surface area contributed by atoms with E-state index in [-0.39, 0.29) is 10.9 Å². The van der Waals surface area contributed by atoms with Crippen LogP contribution in [0.5, 0.6) is 0 Å². The molecule has 0 aromatic heterocycles. The van der Waals surface area contributed by atoms with E-state index in [1.165, 1.54) is 0 Å². The molecule has 2 amide bonds. The first-order chi connectivity index (χ1) is 12.4. The number of hydrogen-bond acceptors (Lipinski definition) is 3. The summed E-state index contributed by atoms with van der Waals surface area (Å²) in [6.07, 6.45) is 5.55. The molecule has 0 saturated heterocycles. The highest BCUT2D eigenvalue weighted by atomic mass is 32.2. The Labute approximate surface area is 157 Å². The number of primary sulfonamides is 1. The maximum atomic E-state index is 13.0. The van der Waals surface area contributed by atoms with Crippen LogP contribution in [-0.4, -0.2) is 50.4 Å². The van der Waals surface area contributed by atoms with E-state index in [1.54, 1.807) is 12.1 Å². The molecule has 7 heteroatoms. The van der Waals surface area contributed by atoms with E-state index in [0.717, 1.165) is 56.3 Å². The Morgan fingerprint density at radius 2 is 1.65 bits per heavy atom. The van der Waals surface area contributed by atoms with Crippen molar-refractivity contribution in [2.45, 2.75) is 57.3 Å². The van der Waals surface area contributed by atoms with E-state index in [1.807, 2.05) is 15.9 Å². The molecule has 1 heterocycles. The van der Waals surface area contributed by atoms with Crippen molar-refractivity contribution in [1.82, 2.24) is 9.80 Å². The maximum absolute atomic E-state index is 13.0. The summed E-state index contributed by atoms with van der Waals surface area (Å²) in [4.78, 5) is 17.0. The van der Waals surface area contributed by atoms with Crippen molar-refractivity contribution >= 4 is 16.1 Å². The predicted molar refractivity (Wildman–Crippen MR) is 104 cm³/mol. The van der Waals surface area contributed by atoms with E-state index in [9.17, 15) is 13.2 Å². The Morgan fingerprint density at radius 1 is 1.08 bits per heavy atom. The monoisotopic (exact) mass is 381 g/mol. The van der Waals surface area contributed by atoms with Gasteiger partial charge < -0.3 is 9.80 Å². The summed E-state index contributed by atoms with van der Waals surface area (Å²) in [6, 6.07) is 5.14. The van der Waals surface area contributed by atoms with Crippen LogP contribution < -0.4 is 5.14 Å². The third-order valence-electron chi connectivity index (χ3n) is 4.91. The van der Waals surface area contributed by atoms with Gasteiger partial charge in [-0.2, -0.15) is 0 Å². The van der Waals surface area contributed by atoms with E-state index < -0.39 is 10.0 Å². The van der Waals surface area contributed by atoms with Crippen molar-refractivity contribution in [3.63, 3.8) is 0 Å². The Bertz CT molecular complexity index is 711. The molecule has 1 aromatic carbocycles. The Balaban J connectivity index is 2.09. The summed E-state index contributed by atoms with van der Waals surface area (Å²) in [6.45, 7) is 7.13. The zero-order chi connectivity index (χ0) is 19.2. The van der Waals surface area contributed by atoms with Crippen LogP contribution in [0.3, 0.4) is 0 Å². The van der Waals surface area contributed by atoms with E-state index in [2.05, 4.69) is 13.8 Å². The van der Waals surface area contributed by atoms with Gasteiger partial charge >= 0.3 is 6.03 Å². The molecule has 1 aromatic rings. The molecule has 0 aliphatic carbocycles. The fraction of sp³-hybridized carbons (Fsp3) is 0.632. The molecule has 0 spiro atoms. The fourth-order valence-electron chi connectivity index (χ4n) is 3.27. The third kappa shape index (κ3) is 5.45. The number of nitrogens with zero attached hydrogens (tertiary/aromatic N) is 2. The minimum absolute atomic E-state index is 0.103. The summed E-state index contributed by atoms with van der Waals surface area (Å²) in [5.74, 6) is 0. The number of unbranched alkanes of at least 4 members (excludes halogenated alkanes) is 2. The number of nitrogens with two attached hydrogens (primary N) is 1. The second-order valence-electron chi connectivity index (χ2n) is 6.94. The first-order valence-electron chi connectivity index (χ1n) is 9.55. The summed E-state index contributed by atoms with van der Waals surface area (Å²) in [7, 11) is -3.70. The number of carbonyl (C=O) groups is 1. The van der Waals surface area contributed by atoms with Crippen LogP contribution in [0.15, 0.2) is 23.1 Å². The molecule has 1 aliphatic heterocycles. The number of urea groups is 1. The molecule has 0 saturated carbocycles. The van der Waals surface area contributed by atoms with E-state index >= 15 is 0 Å². The first kappa shape index (κ1) is 20.7. The lowest BCUT2D eigenvalue weighted by Crippen LogP contribution is -2.45. The van der Waals surface area contributed by atoms with Gasteiger partial charge in [0.2, 0.25) is 10.0 Å². The molecular formula is C19H31N3O3S. The molecule has 6 nitrogen and oxygen atoms in total. The fourth-order valence-corrected chi connectivity index (χ4v) is 3.84. The summed E-state index contributed by atoms with van der Waals surface area (Å²) >= 11 is 0. The van der Waals surface area contributed by atoms with Crippen molar-refractivity contribution in [2.75, 3.05) is 26.2 Å². The Hall–Kier alpha value is -1.60. The number of benzene rings is 1. The van der Waals surface area contributed by atoms with Gasteiger partial charge in [-0.3, -0.25) is 0 Å². The molecular weight excluding hydrogens is 350 g/mol. The van der Waals surface area contributed by atoms with Gasteiger partial charge in [0.05, 0.1) is 4.90 Å². The van der Waals surface area contributed by atoms with Gasteiger partial charge in [0, 0.05) is 26.2 Å². The predicted octanol–water partition coefficient (Wildman–Crippen LogP) is 2.76. The molecule has 0 bridgehead atoms. The van der Waals surface area contributed by atoms with E-state index in [0.29, 0.717) is 19.5 Å². The van der Waals surface area contributed by atoms with Crippen molar-refractivity contribution in [1.29, 1.82) is 0 Å². The van der Waals surface area contributed by atoms with Gasteiger partial charge in [-0.05, 0) is 48.9 Å². The molecule has 146 valence electrons. The number of carbonyl (C=O) groups excluding carboxylic acids is 1. The molecule has 2 N–H and O–H groups in total. The van der Waals surface area contributed by atoms with Crippen LogP contribution in [0, 0.1) is 0 Å². The Morgan fingerprint density at radius 3 is 2.19 bits per heavy atom. The van der Waals surface area contributed by atoms with Gasteiger partial charge in [0.15, 0.2) is 0 Å². The van der Waals surface area contributed by atoms with Crippen molar-refractivity contribution in [2.24, 2.45) is 5.14 Å². The standard InChI is InChI=1S/C19H31N3O3S/c1-3-5-11-21(12-6-4-2)19(23)22-13-9-16-7-8-18(26(20,24)25)15-17(16)10-14-22/h7-8,15H,3-6,9-14H2,1-2H3,(H2,20,24,25). The average Bonchev–Trinajstić information content (AvgIpc) is 2.82. The lowest BCUT2D eigenvalue weighted by Gasteiger charge is -2.30. The van der Waals surface area contributed by atoms with Gasteiger partial charge in [-0.15, -0.1) is 0 Å². The van der Waals surface area contributed by atoms with Crippen LogP contribution in [0.2, 0.25) is 0 Å². The van der Waals surface area contributed by atoms with Crippen molar-refractivity contribution in [3.05, 3.63) is 29.3 Å². The highest BCUT2D eigenvalue weighted by molar-refractivity contribution is 7.89. The van der Waals surface area contributed by atoms with E-state index in [4.69, 9.17) is 5.14 Å². The van der Waals surface area contributed by atoms with Crippen LogP contribution in [0.1, 0.15) is 50.7 Å². The summed E-state index contributed by atoms with van der Waals surface area (Å²) < 4.78 is 23.1. The second kappa shape index (κ2) is 9.37. The molecule has 0 atom stereocenters. The summed E-state index contributed by atoms with van der Waals surface area (Å²) in [5.41, 5.74) is 2.07. The topological polar surface area (TPSA) is 83.7 Å². The zero-order valence-electron chi connectivity index (χ0n) is 15.9. The van der Waals surface area contributed by atoms with Gasteiger partial charge in [0.25, 0.3) is 0 Å². The van der Waals surface area contributed by atoms with Gasteiger partial charge in [-0.25, -0.2) is 18.4 Å². The molecule has 0 radical (unpaired) electrons. The largest absolute Gasteiger partial charge is 0.325 e. The van der Waals surface area contributed by atoms with Crippen LogP contribution in [-0.2, 0) is 22.9 Å². The second-order valence-corrected chi connectivity index (χ2v) is 8.50. The smallest absolute Gasteiger partial charge is 0.320 e. The minimum atomic E-state index is -3.70. The first-order valence-corrected chi connectivity index (χ1v) is 11.1. The number of sulfonamides is 1. The third-order valence-corrected chi connectivity index (χ3v) is 5.82. The van der Waals surface area contributed by atoms with Crippen LogP contribution >= 0.6 is 0 Å². The van der Waals surface area contributed by atoms with Crippen LogP contribution in [0.25, 0.3) is 0 Å². The van der Waals surface area contributed by atoms with Crippen molar-refractivity contribution in [3.8, 4) is 0 Å². The number of rotatable bonds is 7. The summed E-state index contributed by atoms with van der Waals surface area (Å²) in [5, 5.41) is 5.24. The highest BCUT2D eigenvalue weighted by Gasteiger charge is 2.23. The molecule has 26 heavy (non-hydrogen) atoms. The molecule has 0 unspecified atom stereocenters. The van der Waals surface area contributed by atoms with Gasteiger partial charge in [-0.1, -0.05) is 32.8 Å². The molecule has 2 rings (SSSR count). The highest BCUT2D eigenvalue weighted by Crippen LogP contribution is 2.20. The number of hydrogen-bond donors (Lipinski definition) is 1. The minimum Gasteiger partial charge on any atom is -0.325 e. The quantitative estimate of drug-likeness (QED) is 0.788. The lowest BCUT2D eigenvalue weighted by molar-refractivity contribution is 0.153. The van der Waals surface area contributed by atoms with Crippen molar-refractivity contribution < 1.29 is 13.2 Å². The number of fused-ring (bicyclic) bond motifs is 1. The molecule has 0 fully saturated rings. The SMILES string of the molecule is CCCCN(CCCC)C(=O)N1CCc2ccc(S(N)(=O)=O)cc2CC1. The zero-order valence-corrected chi connectivity index (χ0v) is 16.7. The maximum Gasteiger partial charge on any atom is 0.320 e. The lowest BCUT2D eigenvalue weighted by atomic mass is 10.0. The number of amides is 2. The molecule has 1 aliphatic rings. The Kier molecular flexibility index (Phi) is 7.46. The average molecular weight is 382 g/mol. The van der Waals surface area contributed by atoms with Gasteiger partial charge in [0.1, 0.15) is 0 Å². The normalized spacial score (nSPS) is 14.7. The van der Waals surface area contributed by atoms with Crippen LogP contribution in [0.4, 0.5) is 4.79 Å².